The van der Waals surface area contributed by atoms with E-state index in [0.717, 1.165) is 57.4 Å². The largest absolute Gasteiger partial charge is 0.252 e. The van der Waals surface area contributed by atoms with Crippen molar-refractivity contribution in [3.05, 3.63) is 58.5 Å². The summed E-state index contributed by atoms with van der Waals surface area (Å²) in [6.45, 7) is 18.7. The number of aromatic nitrogens is 6. The third-order valence-electron chi connectivity index (χ3n) is 11.1. The van der Waals surface area contributed by atoms with Gasteiger partial charge in [0.15, 0.2) is 0 Å². The molecule has 1 aliphatic heterocycles. The van der Waals surface area contributed by atoms with E-state index in [0.29, 0.717) is 23.7 Å². The first-order chi connectivity index (χ1) is 27.6. The van der Waals surface area contributed by atoms with Crippen molar-refractivity contribution in [1.29, 1.82) is 0 Å². The van der Waals surface area contributed by atoms with Crippen molar-refractivity contribution in [1.82, 2.24) is 27.5 Å². The van der Waals surface area contributed by atoms with Gasteiger partial charge < -0.3 is 0 Å². The highest BCUT2D eigenvalue weighted by Crippen LogP contribution is 2.77. The first-order valence-corrected chi connectivity index (χ1v) is 26.7. The topological polar surface area (TPSA) is 77.3 Å². The Morgan fingerprint density at radius 2 is 0.947 bits per heavy atom. The summed E-state index contributed by atoms with van der Waals surface area (Å²) >= 11 is 10.1. The Kier molecular flexibility index (Phi) is 11.1. The van der Waals surface area contributed by atoms with E-state index in [4.69, 9.17) is 27.5 Å². The van der Waals surface area contributed by atoms with Crippen molar-refractivity contribution in [2.24, 2.45) is 23.7 Å². The van der Waals surface area contributed by atoms with E-state index in [-0.39, 0.29) is 0 Å². The lowest BCUT2D eigenvalue weighted by Gasteiger charge is -2.41. The van der Waals surface area contributed by atoms with Crippen molar-refractivity contribution in [3.63, 3.8) is 0 Å². The molecule has 296 valence electrons. The van der Waals surface area contributed by atoms with E-state index < -0.39 is 10.0 Å². The first kappa shape index (κ1) is 39.5. The third-order valence-corrected chi connectivity index (χ3v) is 21.7. The molecular formula is C44H48N6S7. The summed E-state index contributed by atoms with van der Waals surface area (Å²) in [7, 11) is -1.37. The van der Waals surface area contributed by atoms with Crippen LogP contribution in [0.4, 0.5) is 0 Å². The Hall–Kier alpha value is -2.91. The summed E-state index contributed by atoms with van der Waals surface area (Å²) in [6, 6.07) is 14.0. The molecule has 0 aromatic carbocycles. The molecule has 0 N–H and O–H groups in total. The number of hydrogen-bond acceptors (Lipinski definition) is 12. The predicted octanol–water partition coefficient (Wildman–Crippen LogP) is 15.1. The molecule has 1 aliphatic rings. The van der Waals surface area contributed by atoms with Crippen LogP contribution < -0.4 is 0 Å². The predicted molar refractivity (Wildman–Crippen MR) is 253 cm³/mol. The molecule has 0 spiro atoms. The van der Waals surface area contributed by atoms with Gasteiger partial charge in [0.1, 0.15) is 33.5 Å². The van der Waals surface area contributed by atoms with E-state index in [9.17, 15) is 0 Å². The average molecular weight is 885 g/mol. The van der Waals surface area contributed by atoms with Crippen molar-refractivity contribution < 1.29 is 0 Å². The van der Waals surface area contributed by atoms with Crippen molar-refractivity contribution in [2.45, 2.75) is 90.9 Å². The van der Waals surface area contributed by atoms with Crippen LogP contribution in [0.1, 0.15) is 78.0 Å². The zero-order chi connectivity index (χ0) is 39.6. The minimum Gasteiger partial charge on any atom is -0.252 e. The van der Waals surface area contributed by atoms with E-state index in [2.05, 4.69) is 91.8 Å². The molecule has 0 fully saturated rings. The second kappa shape index (κ2) is 15.9. The molecule has 2 unspecified atom stereocenters. The van der Waals surface area contributed by atoms with Gasteiger partial charge in [-0.15, -0.1) is 45.3 Å². The molecule has 8 aromatic heterocycles. The van der Waals surface area contributed by atoms with Crippen molar-refractivity contribution in [2.75, 3.05) is 11.5 Å². The van der Waals surface area contributed by atoms with Gasteiger partial charge in [0, 0.05) is 52.8 Å². The summed E-state index contributed by atoms with van der Waals surface area (Å²) < 4.78 is 19.5. The zero-order valence-electron chi connectivity index (χ0n) is 33.7. The molecule has 9 heterocycles. The van der Waals surface area contributed by atoms with Crippen LogP contribution in [-0.4, -0.2) is 39.0 Å². The van der Waals surface area contributed by atoms with Crippen LogP contribution >= 0.6 is 78.8 Å². The van der Waals surface area contributed by atoms with Crippen LogP contribution in [0.2, 0.25) is 0 Å². The van der Waals surface area contributed by atoms with Crippen LogP contribution in [0.15, 0.2) is 58.6 Å². The molecule has 0 amide bonds. The molecule has 57 heavy (non-hydrogen) atoms. The van der Waals surface area contributed by atoms with Gasteiger partial charge in [0.05, 0.1) is 43.0 Å². The fourth-order valence-electron chi connectivity index (χ4n) is 7.97. The van der Waals surface area contributed by atoms with Gasteiger partial charge in [-0.3, -0.25) is 9.97 Å². The molecule has 0 aliphatic carbocycles. The van der Waals surface area contributed by atoms with Gasteiger partial charge in [-0.05, 0) is 84.4 Å². The lowest BCUT2D eigenvalue weighted by Crippen LogP contribution is -2.18. The molecule has 0 saturated heterocycles. The molecule has 13 heteroatoms. The molecule has 6 nitrogen and oxygen atoms in total. The normalized spacial score (nSPS) is 15.3. The second-order valence-corrected chi connectivity index (χ2v) is 25.4. The van der Waals surface area contributed by atoms with Crippen LogP contribution in [0.3, 0.4) is 0 Å². The summed E-state index contributed by atoms with van der Waals surface area (Å²) in [4.78, 5) is 24.0. The summed E-state index contributed by atoms with van der Waals surface area (Å²) in [5.74, 6) is 4.82. The van der Waals surface area contributed by atoms with Gasteiger partial charge in [0.25, 0.3) is 0 Å². The molecule has 0 saturated carbocycles. The SMILES string of the molecule is CCC(C)CS1(CC(C)CC)c2cc(-c3ncc(-c4ccc(CC(C)C)s4)c4nsnc34)sc2-c2sc(-c3ncc(-c4ccc(CC(C)C)s4)c4nsnc34)cc21. The maximum atomic E-state index is 5.21. The highest BCUT2D eigenvalue weighted by atomic mass is 32.3. The van der Waals surface area contributed by atoms with Gasteiger partial charge in [0.2, 0.25) is 0 Å². The fraction of sp³-hybridized carbons (Fsp3) is 0.409. The molecule has 0 radical (unpaired) electrons. The Morgan fingerprint density at radius 3 is 1.35 bits per heavy atom. The van der Waals surface area contributed by atoms with Gasteiger partial charge >= 0.3 is 0 Å². The Labute approximate surface area is 361 Å². The minimum atomic E-state index is -1.37. The molecule has 8 aromatic rings. The molecular weight excluding hydrogens is 837 g/mol. The monoisotopic (exact) mass is 884 g/mol. The molecule has 2 atom stereocenters. The average Bonchev–Trinajstić information content (AvgIpc) is 4.04. The lowest BCUT2D eigenvalue weighted by atomic mass is 10.1. The minimum absolute atomic E-state index is 0.603. The highest BCUT2D eigenvalue weighted by Gasteiger charge is 2.44. The van der Waals surface area contributed by atoms with Crippen LogP contribution in [0.5, 0.6) is 0 Å². The zero-order valence-corrected chi connectivity index (χ0v) is 39.4. The smallest absolute Gasteiger partial charge is 0.132 e. The second-order valence-electron chi connectivity index (χ2n) is 16.5. The number of nitrogens with zero attached hydrogens (tertiary/aromatic N) is 6. The van der Waals surface area contributed by atoms with Crippen LogP contribution in [0.25, 0.3) is 73.8 Å². The number of pyridine rings is 2. The maximum Gasteiger partial charge on any atom is 0.132 e. The van der Waals surface area contributed by atoms with Gasteiger partial charge in [-0.2, -0.15) is 27.5 Å². The Morgan fingerprint density at radius 1 is 0.526 bits per heavy atom. The van der Waals surface area contributed by atoms with E-state index in [1.165, 1.54) is 86.8 Å². The Bertz CT molecular complexity index is 2520. The number of thiophene rings is 4. The van der Waals surface area contributed by atoms with Gasteiger partial charge in [-0.1, -0.05) is 68.2 Å². The lowest BCUT2D eigenvalue weighted by molar-refractivity contribution is 0.613. The van der Waals surface area contributed by atoms with E-state index in [1.807, 2.05) is 57.7 Å². The fourth-order valence-corrected chi connectivity index (χ4v) is 20.4. The summed E-state index contributed by atoms with van der Waals surface area (Å²) in [5, 5.41) is 0. The highest BCUT2D eigenvalue weighted by molar-refractivity contribution is 8.34. The standard InChI is InChI=1S/C44H48N6S7/c1-9-25(7)21-57(22-26(8)10-2)35-17-33(39-41-37(47-55-49-41)29(19-45-39)31-13-11-27(51-31)15-23(3)4)53-43(35)44-36(57)18-34(54-44)40-42-38(48-56-50-42)30(20-46-40)32-14-12-28(52-32)16-24(5)6/h11-14,17-20,23-26H,9-10,15-16,21-22H2,1-8H3. The number of hydrogen-bond donors (Lipinski definition) is 0. The van der Waals surface area contributed by atoms with Crippen LogP contribution in [0, 0.1) is 23.7 Å². The van der Waals surface area contributed by atoms with Crippen molar-refractivity contribution >= 4 is 101 Å². The van der Waals surface area contributed by atoms with E-state index in [1.54, 1.807) is 9.79 Å². The number of rotatable bonds is 14. The summed E-state index contributed by atoms with van der Waals surface area (Å²) in [5.41, 5.74) is 7.83. The number of fused-ring (bicyclic) bond motifs is 5. The Balaban J connectivity index is 1.17. The third kappa shape index (κ3) is 7.16. The quantitative estimate of drug-likeness (QED) is 0.108. The maximum absolute atomic E-state index is 5.21. The van der Waals surface area contributed by atoms with Crippen molar-refractivity contribution in [3.8, 4) is 51.8 Å². The van der Waals surface area contributed by atoms with Gasteiger partial charge in [-0.25, -0.2) is 0 Å². The van der Waals surface area contributed by atoms with Crippen LogP contribution in [-0.2, 0) is 12.8 Å². The molecule has 9 rings (SSSR count). The first-order valence-electron chi connectivity index (χ1n) is 20.0. The summed E-state index contributed by atoms with van der Waals surface area (Å²) in [6.07, 6.45) is 8.59. The molecule has 0 bridgehead atoms. The van der Waals surface area contributed by atoms with E-state index >= 15 is 0 Å².